The van der Waals surface area contributed by atoms with Gasteiger partial charge in [-0.15, -0.1) is 0 Å². The van der Waals surface area contributed by atoms with E-state index in [0.29, 0.717) is 18.2 Å². The molecule has 1 unspecified atom stereocenters. The van der Waals surface area contributed by atoms with Crippen LogP contribution in [0.1, 0.15) is 23.2 Å². The zero-order valence-electron chi connectivity index (χ0n) is 9.90. The quantitative estimate of drug-likeness (QED) is 0.786. The highest BCUT2D eigenvalue weighted by Gasteiger charge is 2.19. The molecule has 5 heteroatoms. The fourth-order valence-electron chi connectivity index (χ4n) is 2.09. The molecule has 1 atom stereocenters. The van der Waals surface area contributed by atoms with E-state index in [9.17, 15) is 9.59 Å². The Balaban J connectivity index is 1.98. The van der Waals surface area contributed by atoms with Gasteiger partial charge in [0.25, 0.3) is 5.91 Å². The van der Waals surface area contributed by atoms with Gasteiger partial charge in [0, 0.05) is 31.9 Å². The number of hydrogen-bond acceptors (Lipinski definition) is 3. The third-order valence-corrected chi connectivity index (χ3v) is 3.03. The van der Waals surface area contributed by atoms with Gasteiger partial charge in [0.1, 0.15) is 0 Å². The van der Waals surface area contributed by atoms with E-state index in [0.717, 1.165) is 13.0 Å². The van der Waals surface area contributed by atoms with Gasteiger partial charge in [0.05, 0.1) is 5.56 Å². The molecule has 1 amide bonds. The fourth-order valence-corrected chi connectivity index (χ4v) is 2.09. The maximum Gasteiger partial charge on any atom is 0.255 e. The number of nitrogens with zero attached hydrogens (tertiary/aromatic N) is 1. The molecule has 2 heterocycles. The Morgan fingerprint density at radius 1 is 1.53 bits per heavy atom. The Bertz CT molecular complexity index is 429. The molecule has 1 aliphatic rings. The van der Waals surface area contributed by atoms with E-state index in [2.05, 4.69) is 10.3 Å². The first-order valence-corrected chi connectivity index (χ1v) is 5.84. The minimum atomic E-state index is -0.193. The molecule has 0 aromatic carbocycles. The highest BCUT2D eigenvalue weighted by molar-refractivity contribution is 5.93. The minimum Gasteiger partial charge on any atom is -0.340 e. The summed E-state index contributed by atoms with van der Waals surface area (Å²) >= 11 is 0. The normalized spacial score (nSPS) is 19.2. The number of rotatable bonds is 3. The van der Waals surface area contributed by atoms with Crippen LogP contribution >= 0.6 is 0 Å². The first-order valence-electron chi connectivity index (χ1n) is 5.84. The van der Waals surface area contributed by atoms with Crippen molar-refractivity contribution in [1.82, 2.24) is 15.2 Å². The largest absolute Gasteiger partial charge is 0.340 e. The average Bonchev–Trinajstić information content (AvgIpc) is 2.82. The fraction of sp³-hybridized carbons (Fsp3) is 0.500. The summed E-state index contributed by atoms with van der Waals surface area (Å²) in [6.07, 6.45) is 3.75. The minimum absolute atomic E-state index is 0.0602. The van der Waals surface area contributed by atoms with E-state index >= 15 is 0 Å². The zero-order valence-corrected chi connectivity index (χ0v) is 9.90. The van der Waals surface area contributed by atoms with Crippen molar-refractivity contribution in [2.75, 3.05) is 20.1 Å². The summed E-state index contributed by atoms with van der Waals surface area (Å²) in [6.45, 7) is 1.74. The molecule has 0 spiro atoms. The molecule has 92 valence electrons. The van der Waals surface area contributed by atoms with Crippen LogP contribution in [0.15, 0.2) is 23.1 Å². The van der Waals surface area contributed by atoms with Crippen LogP contribution in [0, 0.1) is 0 Å². The monoisotopic (exact) mass is 235 g/mol. The molecule has 1 aromatic heterocycles. The Morgan fingerprint density at radius 2 is 2.35 bits per heavy atom. The van der Waals surface area contributed by atoms with Crippen LogP contribution < -0.4 is 10.9 Å². The van der Waals surface area contributed by atoms with Gasteiger partial charge in [-0.05, 0) is 25.5 Å². The summed E-state index contributed by atoms with van der Waals surface area (Å²) in [5.41, 5.74) is 0.326. The Morgan fingerprint density at radius 3 is 2.94 bits per heavy atom. The number of H-pyrrole nitrogens is 1. The lowest BCUT2D eigenvalue weighted by molar-refractivity contribution is 0.0783. The van der Waals surface area contributed by atoms with Crippen LogP contribution in [-0.4, -0.2) is 42.0 Å². The van der Waals surface area contributed by atoms with Gasteiger partial charge in [-0.1, -0.05) is 0 Å². The molecule has 0 radical (unpaired) electrons. The highest BCUT2D eigenvalue weighted by Crippen LogP contribution is 2.08. The standard InChI is InChI=1S/C12H17N3O2/c1-15(8-10-3-2-6-13-10)12(17)9-4-5-11(16)14-7-9/h4-5,7,10,13H,2-3,6,8H2,1H3,(H,14,16). The smallest absolute Gasteiger partial charge is 0.255 e. The molecular formula is C12H17N3O2. The molecule has 5 nitrogen and oxygen atoms in total. The lowest BCUT2D eigenvalue weighted by atomic mass is 10.2. The average molecular weight is 235 g/mol. The van der Waals surface area contributed by atoms with Crippen molar-refractivity contribution in [3.63, 3.8) is 0 Å². The second-order valence-corrected chi connectivity index (χ2v) is 4.42. The predicted octanol–water partition coefficient (Wildman–Crippen LogP) is 0.199. The van der Waals surface area contributed by atoms with Crippen LogP contribution in [0.25, 0.3) is 0 Å². The summed E-state index contributed by atoms with van der Waals surface area (Å²) in [5, 5.41) is 3.35. The Kier molecular flexibility index (Phi) is 3.58. The number of amides is 1. The molecule has 0 saturated carbocycles. The first kappa shape index (κ1) is 11.9. The molecule has 17 heavy (non-hydrogen) atoms. The summed E-state index contributed by atoms with van der Waals surface area (Å²) < 4.78 is 0. The van der Waals surface area contributed by atoms with Crippen LogP contribution in [0.4, 0.5) is 0 Å². The van der Waals surface area contributed by atoms with Crippen molar-refractivity contribution < 1.29 is 4.79 Å². The summed E-state index contributed by atoms with van der Waals surface area (Å²) in [7, 11) is 1.79. The number of carbonyl (C=O) groups is 1. The molecule has 1 saturated heterocycles. The van der Waals surface area contributed by atoms with Crippen molar-refractivity contribution in [2.45, 2.75) is 18.9 Å². The molecule has 1 aliphatic heterocycles. The van der Waals surface area contributed by atoms with Crippen molar-refractivity contribution in [3.8, 4) is 0 Å². The van der Waals surface area contributed by atoms with Crippen molar-refractivity contribution in [2.24, 2.45) is 0 Å². The van der Waals surface area contributed by atoms with Crippen LogP contribution in [-0.2, 0) is 0 Å². The maximum absolute atomic E-state index is 12.0. The van der Waals surface area contributed by atoms with Crippen LogP contribution in [0.2, 0.25) is 0 Å². The van der Waals surface area contributed by atoms with Gasteiger partial charge in [-0.2, -0.15) is 0 Å². The van der Waals surface area contributed by atoms with Gasteiger partial charge in [-0.3, -0.25) is 9.59 Å². The van der Waals surface area contributed by atoms with E-state index in [1.165, 1.54) is 18.7 Å². The second kappa shape index (κ2) is 5.14. The first-order chi connectivity index (χ1) is 8.16. The van der Waals surface area contributed by atoms with Gasteiger partial charge in [0.2, 0.25) is 5.56 Å². The van der Waals surface area contributed by atoms with Crippen LogP contribution in [0.3, 0.4) is 0 Å². The SMILES string of the molecule is CN(CC1CCCN1)C(=O)c1ccc(=O)[nH]c1. The predicted molar refractivity (Wildman–Crippen MR) is 65.0 cm³/mol. The van der Waals surface area contributed by atoms with Gasteiger partial charge < -0.3 is 15.2 Å². The van der Waals surface area contributed by atoms with E-state index in [1.807, 2.05) is 0 Å². The molecule has 2 N–H and O–H groups in total. The van der Waals surface area contributed by atoms with Crippen molar-refractivity contribution in [1.29, 1.82) is 0 Å². The number of aromatic amines is 1. The zero-order chi connectivity index (χ0) is 12.3. The van der Waals surface area contributed by atoms with Crippen molar-refractivity contribution >= 4 is 5.91 Å². The number of aromatic nitrogens is 1. The molecule has 0 bridgehead atoms. The number of hydrogen-bond donors (Lipinski definition) is 2. The second-order valence-electron chi connectivity index (χ2n) is 4.42. The summed E-state index contributed by atoms with van der Waals surface area (Å²) in [6, 6.07) is 3.32. The van der Waals surface area contributed by atoms with Crippen LogP contribution in [0.5, 0.6) is 0 Å². The van der Waals surface area contributed by atoms with E-state index in [-0.39, 0.29) is 11.5 Å². The third kappa shape index (κ3) is 2.94. The van der Waals surface area contributed by atoms with E-state index in [4.69, 9.17) is 0 Å². The number of likely N-dealkylation sites (N-methyl/N-ethyl adjacent to an activating group) is 1. The maximum atomic E-state index is 12.0. The van der Waals surface area contributed by atoms with E-state index < -0.39 is 0 Å². The highest BCUT2D eigenvalue weighted by atomic mass is 16.2. The number of carbonyl (C=O) groups excluding carboxylic acids is 1. The lowest BCUT2D eigenvalue weighted by Crippen LogP contribution is -2.38. The topological polar surface area (TPSA) is 65.2 Å². The van der Waals surface area contributed by atoms with Gasteiger partial charge >= 0.3 is 0 Å². The number of nitrogens with one attached hydrogen (secondary N) is 2. The molecule has 1 fully saturated rings. The molecule has 2 rings (SSSR count). The molecular weight excluding hydrogens is 218 g/mol. The Hall–Kier alpha value is -1.62. The Labute approximate surface area is 99.8 Å². The van der Waals surface area contributed by atoms with Gasteiger partial charge in [-0.25, -0.2) is 0 Å². The molecule has 0 aliphatic carbocycles. The van der Waals surface area contributed by atoms with E-state index in [1.54, 1.807) is 18.0 Å². The number of pyridine rings is 1. The third-order valence-electron chi connectivity index (χ3n) is 3.03. The lowest BCUT2D eigenvalue weighted by Gasteiger charge is -2.21. The van der Waals surface area contributed by atoms with Crippen molar-refractivity contribution in [3.05, 3.63) is 34.2 Å². The molecule has 1 aromatic rings. The summed E-state index contributed by atoms with van der Waals surface area (Å²) in [5.74, 6) is -0.0602. The summed E-state index contributed by atoms with van der Waals surface area (Å²) in [4.78, 5) is 27.1. The van der Waals surface area contributed by atoms with Gasteiger partial charge in [0.15, 0.2) is 0 Å².